The number of imidazole rings is 1. The average Bonchev–Trinajstić information content (AvgIpc) is 2.88. The van der Waals surface area contributed by atoms with Crippen LogP contribution in [0.5, 0.6) is 0 Å². The monoisotopic (exact) mass is 251 g/mol. The van der Waals surface area contributed by atoms with E-state index >= 15 is 0 Å². The summed E-state index contributed by atoms with van der Waals surface area (Å²) in [5, 5.41) is 12.5. The van der Waals surface area contributed by atoms with Gasteiger partial charge in [0.2, 0.25) is 0 Å². The van der Waals surface area contributed by atoms with E-state index in [-0.39, 0.29) is 0 Å². The molecule has 4 heteroatoms. The highest BCUT2D eigenvalue weighted by Gasteiger charge is 2.09. The fourth-order valence-electron chi connectivity index (χ4n) is 2.07. The second kappa shape index (κ2) is 4.94. The first-order valence-electron chi connectivity index (χ1n) is 6.07. The van der Waals surface area contributed by atoms with E-state index in [0.717, 1.165) is 22.4 Å². The van der Waals surface area contributed by atoms with Gasteiger partial charge < -0.3 is 10.2 Å². The van der Waals surface area contributed by atoms with E-state index in [4.69, 9.17) is 5.21 Å². The smallest absolute Gasteiger partial charge is 0.113 e. The molecule has 0 bridgehead atoms. The van der Waals surface area contributed by atoms with E-state index in [0.29, 0.717) is 12.1 Å². The van der Waals surface area contributed by atoms with Crippen molar-refractivity contribution in [2.45, 2.75) is 6.42 Å². The fourth-order valence-corrected chi connectivity index (χ4v) is 2.07. The van der Waals surface area contributed by atoms with E-state index in [1.54, 1.807) is 0 Å². The Labute approximate surface area is 110 Å². The van der Waals surface area contributed by atoms with E-state index in [1.807, 2.05) is 54.6 Å². The summed E-state index contributed by atoms with van der Waals surface area (Å²) in [6, 6.07) is 17.4. The van der Waals surface area contributed by atoms with Gasteiger partial charge in [-0.25, -0.2) is 4.98 Å². The van der Waals surface area contributed by atoms with Gasteiger partial charge in [-0.2, -0.15) is 0 Å². The first-order chi connectivity index (χ1) is 9.36. The number of nitrogens with one attached hydrogen (secondary N) is 1. The number of aromatic nitrogens is 2. The van der Waals surface area contributed by atoms with E-state index < -0.39 is 0 Å². The molecule has 0 fully saturated rings. The molecule has 0 aliphatic carbocycles. The Morgan fingerprint density at radius 3 is 2.53 bits per heavy atom. The topological polar surface area (TPSA) is 61.3 Å². The Balaban J connectivity index is 1.91. The van der Waals surface area contributed by atoms with Crippen LogP contribution in [-0.4, -0.2) is 20.9 Å². The van der Waals surface area contributed by atoms with Crippen LogP contribution in [0.4, 0.5) is 0 Å². The number of nitrogens with zero attached hydrogens (tertiary/aromatic N) is 2. The highest BCUT2D eigenvalue weighted by atomic mass is 16.4. The lowest BCUT2D eigenvalue weighted by Gasteiger charge is -2.01. The van der Waals surface area contributed by atoms with Gasteiger partial charge in [-0.15, -0.1) is 0 Å². The molecule has 0 aliphatic rings. The molecule has 19 heavy (non-hydrogen) atoms. The number of aromatic amines is 1. The molecule has 0 atom stereocenters. The van der Waals surface area contributed by atoms with Gasteiger partial charge in [-0.1, -0.05) is 47.6 Å². The molecular formula is C15H13N3O. The Hall–Kier alpha value is -2.62. The van der Waals surface area contributed by atoms with E-state index in [1.165, 1.54) is 0 Å². The van der Waals surface area contributed by atoms with Gasteiger partial charge in [0, 0.05) is 0 Å². The molecule has 0 aliphatic heterocycles. The van der Waals surface area contributed by atoms with Crippen molar-refractivity contribution in [1.29, 1.82) is 0 Å². The van der Waals surface area contributed by atoms with Crippen LogP contribution in [0.25, 0.3) is 11.0 Å². The third-order valence-electron chi connectivity index (χ3n) is 3.00. The fraction of sp³-hybridized carbons (Fsp3) is 0.0667. The number of hydrogen-bond donors (Lipinski definition) is 2. The van der Waals surface area contributed by atoms with Crippen molar-refractivity contribution in [1.82, 2.24) is 9.97 Å². The molecule has 0 saturated carbocycles. The van der Waals surface area contributed by atoms with Gasteiger partial charge in [0.15, 0.2) is 0 Å². The molecule has 0 amide bonds. The highest BCUT2D eigenvalue weighted by molar-refractivity contribution is 6.01. The summed E-state index contributed by atoms with van der Waals surface area (Å²) in [6.07, 6.45) is 0.467. The molecule has 2 aromatic carbocycles. The molecule has 94 valence electrons. The molecule has 3 rings (SSSR count). The number of oxime groups is 1. The predicted molar refractivity (Wildman–Crippen MR) is 74.6 cm³/mol. The zero-order chi connectivity index (χ0) is 13.1. The summed E-state index contributed by atoms with van der Waals surface area (Å²) in [5.74, 6) is 0.790. The Morgan fingerprint density at radius 1 is 1.05 bits per heavy atom. The molecule has 0 spiro atoms. The summed E-state index contributed by atoms with van der Waals surface area (Å²) in [6.45, 7) is 0. The lowest BCUT2D eigenvalue weighted by molar-refractivity contribution is 0.318. The van der Waals surface area contributed by atoms with Gasteiger partial charge in [-0.3, -0.25) is 0 Å². The third-order valence-corrected chi connectivity index (χ3v) is 3.00. The molecule has 0 unspecified atom stereocenters. The van der Waals surface area contributed by atoms with Crippen LogP contribution in [0, 0.1) is 0 Å². The Bertz CT molecular complexity index is 683. The van der Waals surface area contributed by atoms with Gasteiger partial charge in [0.1, 0.15) is 5.82 Å². The minimum atomic E-state index is 0.467. The predicted octanol–water partition coefficient (Wildman–Crippen LogP) is 2.98. The highest BCUT2D eigenvalue weighted by Crippen LogP contribution is 2.12. The molecule has 3 aromatic rings. The van der Waals surface area contributed by atoms with Gasteiger partial charge in [0.25, 0.3) is 0 Å². The molecule has 0 saturated heterocycles. The first kappa shape index (κ1) is 11.5. The minimum absolute atomic E-state index is 0.467. The zero-order valence-electron chi connectivity index (χ0n) is 10.2. The van der Waals surface area contributed by atoms with Crippen LogP contribution in [0.15, 0.2) is 59.8 Å². The van der Waals surface area contributed by atoms with Crippen molar-refractivity contribution in [2.75, 3.05) is 0 Å². The van der Waals surface area contributed by atoms with Crippen LogP contribution in [0.1, 0.15) is 11.4 Å². The summed E-state index contributed by atoms with van der Waals surface area (Å²) < 4.78 is 0. The maximum absolute atomic E-state index is 9.16. The standard InChI is InChI=1S/C15H13N3O/c19-18-14(11-6-2-1-3-7-11)10-15-16-12-8-4-5-9-13(12)17-15/h1-9,19H,10H2,(H,16,17)/b18-14+. The first-order valence-corrected chi connectivity index (χ1v) is 6.07. The van der Waals surface area contributed by atoms with Crippen molar-refractivity contribution in [3.63, 3.8) is 0 Å². The van der Waals surface area contributed by atoms with Crippen LogP contribution >= 0.6 is 0 Å². The van der Waals surface area contributed by atoms with E-state index in [9.17, 15) is 0 Å². The van der Waals surface area contributed by atoms with Crippen molar-refractivity contribution in [2.24, 2.45) is 5.16 Å². The third kappa shape index (κ3) is 2.33. The molecular weight excluding hydrogens is 238 g/mol. The quantitative estimate of drug-likeness (QED) is 0.427. The normalized spacial score (nSPS) is 11.9. The number of benzene rings is 2. The largest absolute Gasteiger partial charge is 0.411 e. The molecule has 2 N–H and O–H groups in total. The van der Waals surface area contributed by atoms with Crippen LogP contribution in [0.2, 0.25) is 0 Å². The number of fused-ring (bicyclic) bond motifs is 1. The van der Waals surface area contributed by atoms with Gasteiger partial charge in [-0.05, 0) is 17.7 Å². The van der Waals surface area contributed by atoms with Gasteiger partial charge >= 0.3 is 0 Å². The number of hydrogen-bond acceptors (Lipinski definition) is 3. The number of para-hydroxylation sites is 2. The van der Waals surface area contributed by atoms with Crippen LogP contribution < -0.4 is 0 Å². The van der Waals surface area contributed by atoms with Crippen LogP contribution in [-0.2, 0) is 6.42 Å². The summed E-state index contributed by atoms with van der Waals surface area (Å²) in [7, 11) is 0. The number of H-pyrrole nitrogens is 1. The van der Waals surface area contributed by atoms with Crippen molar-refractivity contribution in [3.05, 3.63) is 66.0 Å². The Morgan fingerprint density at radius 2 is 1.79 bits per heavy atom. The zero-order valence-corrected chi connectivity index (χ0v) is 10.2. The van der Waals surface area contributed by atoms with Crippen molar-refractivity contribution >= 4 is 16.7 Å². The number of rotatable bonds is 3. The lowest BCUT2D eigenvalue weighted by atomic mass is 10.1. The summed E-state index contributed by atoms with van der Waals surface area (Å²) in [5.41, 5.74) is 3.40. The maximum atomic E-state index is 9.16. The summed E-state index contributed by atoms with van der Waals surface area (Å²) >= 11 is 0. The molecule has 0 radical (unpaired) electrons. The second-order valence-electron chi connectivity index (χ2n) is 4.29. The van der Waals surface area contributed by atoms with Gasteiger partial charge in [0.05, 0.1) is 23.2 Å². The lowest BCUT2D eigenvalue weighted by Crippen LogP contribution is -2.06. The Kier molecular flexibility index (Phi) is 2.98. The molecule has 1 aromatic heterocycles. The van der Waals surface area contributed by atoms with Crippen molar-refractivity contribution < 1.29 is 5.21 Å². The minimum Gasteiger partial charge on any atom is -0.411 e. The summed E-state index contributed by atoms with van der Waals surface area (Å²) in [4.78, 5) is 7.71. The average molecular weight is 251 g/mol. The second-order valence-corrected chi connectivity index (χ2v) is 4.29. The molecule has 1 heterocycles. The molecule has 4 nitrogen and oxygen atoms in total. The van der Waals surface area contributed by atoms with Crippen LogP contribution in [0.3, 0.4) is 0 Å². The SMILES string of the molecule is O/N=C(\Cc1nc2ccccc2[nH]1)c1ccccc1. The maximum Gasteiger partial charge on any atom is 0.113 e. The van der Waals surface area contributed by atoms with E-state index in [2.05, 4.69) is 15.1 Å². The van der Waals surface area contributed by atoms with Crippen molar-refractivity contribution in [3.8, 4) is 0 Å².